The molecule has 3 aromatic rings. The first-order chi connectivity index (χ1) is 19.1. The molecule has 2 amide bonds. The highest BCUT2D eigenvalue weighted by Gasteiger charge is 2.33. The summed E-state index contributed by atoms with van der Waals surface area (Å²) in [7, 11) is -4.13. The molecular formula is C30H33BrClN3O4S. The van der Waals surface area contributed by atoms with Crippen LogP contribution in [0.2, 0.25) is 5.02 Å². The third-order valence-electron chi connectivity index (χ3n) is 7.17. The minimum Gasteiger partial charge on any atom is -0.352 e. The molecule has 1 fully saturated rings. The van der Waals surface area contributed by atoms with E-state index in [9.17, 15) is 18.0 Å². The van der Waals surface area contributed by atoms with Gasteiger partial charge in [-0.05, 0) is 80.3 Å². The second-order valence-electron chi connectivity index (χ2n) is 10.1. The highest BCUT2D eigenvalue weighted by atomic mass is 79.9. The fourth-order valence-electron chi connectivity index (χ4n) is 4.89. The van der Waals surface area contributed by atoms with Gasteiger partial charge in [-0.2, -0.15) is 0 Å². The predicted molar refractivity (Wildman–Crippen MR) is 162 cm³/mol. The number of carbonyl (C=O) groups is 2. The van der Waals surface area contributed by atoms with Crippen molar-refractivity contribution in [1.29, 1.82) is 0 Å². The summed E-state index contributed by atoms with van der Waals surface area (Å²) in [6.45, 7) is 3.09. The zero-order valence-corrected chi connectivity index (χ0v) is 25.7. The van der Waals surface area contributed by atoms with Gasteiger partial charge in [-0.3, -0.25) is 13.9 Å². The van der Waals surface area contributed by atoms with Crippen LogP contribution in [0.25, 0.3) is 0 Å². The monoisotopic (exact) mass is 645 g/mol. The lowest BCUT2D eigenvalue weighted by molar-refractivity contribution is -0.139. The number of hydrogen-bond donors (Lipinski definition) is 1. The van der Waals surface area contributed by atoms with Crippen molar-refractivity contribution in [3.05, 3.63) is 93.4 Å². The van der Waals surface area contributed by atoms with Gasteiger partial charge in [-0.1, -0.05) is 70.7 Å². The SMILES string of the molecule is Cc1cc(Cl)ccc1N(CC(=O)N(Cc1ccc(Br)cc1)[C@@H](C)C(=O)NC1CCCC1)S(=O)(=O)c1ccccc1. The number of hydrogen-bond acceptors (Lipinski definition) is 4. The molecular weight excluding hydrogens is 614 g/mol. The number of rotatable bonds is 10. The quantitative estimate of drug-likeness (QED) is 0.289. The zero-order valence-electron chi connectivity index (χ0n) is 22.5. The molecule has 0 heterocycles. The number of nitrogens with one attached hydrogen (secondary N) is 1. The van der Waals surface area contributed by atoms with Crippen molar-refractivity contribution in [2.75, 3.05) is 10.8 Å². The molecule has 10 heteroatoms. The van der Waals surface area contributed by atoms with E-state index < -0.39 is 28.5 Å². The average Bonchev–Trinajstić information content (AvgIpc) is 3.45. The summed E-state index contributed by atoms with van der Waals surface area (Å²) in [4.78, 5) is 28.8. The summed E-state index contributed by atoms with van der Waals surface area (Å²) in [5.74, 6) is -0.747. The molecule has 0 bridgehead atoms. The first kappa shape index (κ1) is 30.1. The van der Waals surface area contributed by atoms with Gasteiger partial charge in [0.1, 0.15) is 12.6 Å². The van der Waals surface area contributed by atoms with E-state index in [4.69, 9.17) is 11.6 Å². The first-order valence-corrected chi connectivity index (χ1v) is 15.9. The molecule has 1 N–H and O–H groups in total. The van der Waals surface area contributed by atoms with Gasteiger partial charge in [0.15, 0.2) is 0 Å². The molecule has 1 saturated carbocycles. The number of amides is 2. The summed E-state index contributed by atoms with van der Waals surface area (Å²) in [5, 5.41) is 3.54. The second-order valence-corrected chi connectivity index (χ2v) is 13.3. The van der Waals surface area contributed by atoms with Gasteiger partial charge < -0.3 is 10.2 Å². The van der Waals surface area contributed by atoms with Gasteiger partial charge in [-0.15, -0.1) is 0 Å². The van der Waals surface area contributed by atoms with Crippen LogP contribution in [0.4, 0.5) is 5.69 Å². The van der Waals surface area contributed by atoms with Crippen molar-refractivity contribution in [1.82, 2.24) is 10.2 Å². The summed E-state index contributed by atoms with van der Waals surface area (Å²) in [6, 6.07) is 19.6. The summed E-state index contributed by atoms with van der Waals surface area (Å²) in [5.41, 5.74) is 1.76. The molecule has 4 rings (SSSR count). The Hall–Kier alpha value is -2.88. The Morgan fingerprint density at radius 2 is 1.68 bits per heavy atom. The van der Waals surface area contributed by atoms with Crippen molar-refractivity contribution in [3.8, 4) is 0 Å². The molecule has 7 nitrogen and oxygen atoms in total. The number of anilines is 1. The lowest BCUT2D eigenvalue weighted by Crippen LogP contribution is -2.52. The van der Waals surface area contributed by atoms with E-state index >= 15 is 0 Å². The molecule has 0 aliphatic heterocycles. The number of halogens is 2. The number of benzene rings is 3. The minimum atomic E-state index is -4.13. The summed E-state index contributed by atoms with van der Waals surface area (Å²) >= 11 is 9.59. The largest absolute Gasteiger partial charge is 0.352 e. The van der Waals surface area contributed by atoms with E-state index in [-0.39, 0.29) is 23.4 Å². The van der Waals surface area contributed by atoms with Crippen molar-refractivity contribution in [3.63, 3.8) is 0 Å². The van der Waals surface area contributed by atoms with Crippen LogP contribution < -0.4 is 9.62 Å². The highest BCUT2D eigenvalue weighted by molar-refractivity contribution is 9.10. The number of aryl methyl sites for hydroxylation is 1. The maximum absolute atomic E-state index is 14.0. The van der Waals surface area contributed by atoms with E-state index in [2.05, 4.69) is 21.2 Å². The van der Waals surface area contributed by atoms with Crippen molar-refractivity contribution < 1.29 is 18.0 Å². The number of sulfonamides is 1. The van der Waals surface area contributed by atoms with E-state index in [1.54, 1.807) is 50.2 Å². The molecule has 1 aliphatic rings. The van der Waals surface area contributed by atoms with Gasteiger partial charge in [0.25, 0.3) is 10.0 Å². The van der Waals surface area contributed by atoms with E-state index in [0.717, 1.165) is 40.0 Å². The van der Waals surface area contributed by atoms with Crippen LogP contribution in [0.5, 0.6) is 0 Å². The van der Waals surface area contributed by atoms with Gasteiger partial charge in [0.2, 0.25) is 11.8 Å². The topological polar surface area (TPSA) is 86.8 Å². The van der Waals surface area contributed by atoms with Gasteiger partial charge in [0.05, 0.1) is 10.6 Å². The van der Waals surface area contributed by atoms with Crippen LogP contribution in [0.15, 0.2) is 82.2 Å². The van der Waals surface area contributed by atoms with E-state index in [1.807, 2.05) is 24.3 Å². The fraction of sp³-hybridized carbons (Fsp3) is 0.333. The molecule has 1 aliphatic carbocycles. The lowest BCUT2D eigenvalue weighted by atomic mass is 10.1. The van der Waals surface area contributed by atoms with Crippen LogP contribution in [-0.2, 0) is 26.2 Å². The standard InChI is InChI=1S/C30H33BrClN3O4S/c1-21-18-25(32)16-17-28(21)35(40(38,39)27-10-4-3-5-11-27)20-29(36)34(19-23-12-14-24(31)15-13-23)22(2)30(37)33-26-8-6-7-9-26/h3-5,10-18,22,26H,6-9,19-20H2,1-2H3,(H,33,37)/t22-/m0/s1. The normalized spacial score (nSPS) is 14.5. The van der Waals surface area contributed by atoms with Crippen LogP contribution in [-0.4, -0.2) is 43.8 Å². The Morgan fingerprint density at radius 1 is 1.02 bits per heavy atom. The molecule has 0 saturated heterocycles. The van der Waals surface area contributed by atoms with Crippen LogP contribution in [0.1, 0.15) is 43.7 Å². The zero-order chi connectivity index (χ0) is 28.9. The summed E-state index contributed by atoms with van der Waals surface area (Å²) in [6.07, 6.45) is 3.96. The Morgan fingerprint density at radius 3 is 2.30 bits per heavy atom. The molecule has 0 aromatic heterocycles. The van der Waals surface area contributed by atoms with E-state index in [0.29, 0.717) is 16.3 Å². The molecule has 0 radical (unpaired) electrons. The fourth-order valence-corrected chi connectivity index (χ4v) is 6.88. The Balaban J connectivity index is 1.70. The smallest absolute Gasteiger partial charge is 0.264 e. The highest BCUT2D eigenvalue weighted by Crippen LogP contribution is 2.29. The molecule has 0 unspecified atom stereocenters. The molecule has 3 aromatic carbocycles. The lowest BCUT2D eigenvalue weighted by Gasteiger charge is -2.33. The van der Waals surface area contributed by atoms with Crippen molar-refractivity contribution in [2.45, 2.75) is 63.1 Å². The third kappa shape index (κ3) is 7.25. The van der Waals surface area contributed by atoms with Crippen LogP contribution in [0, 0.1) is 6.92 Å². The van der Waals surface area contributed by atoms with Crippen LogP contribution >= 0.6 is 27.5 Å². The maximum atomic E-state index is 14.0. The molecule has 0 spiro atoms. The van der Waals surface area contributed by atoms with Crippen LogP contribution in [0.3, 0.4) is 0 Å². The second kappa shape index (κ2) is 13.2. The average molecular weight is 647 g/mol. The molecule has 40 heavy (non-hydrogen) atoms. The van der Waals surface area contributed by atoms with Gasteiger partial charge >= 0.3 is 0 Å². The minimum absolute atomic E-state index is 0.0589. The van der Waals surface area contributed by atoms with Gasteiger partial charge in [0, 0.05) is 22.1 Å². The first-order valence-electron chi connectivity index (χ1n) is 13.2. The summed E-state index contributed by atoms with van der Waals surface area (Å²) < 4.78 is 29.8. The predicted octanol–water partition coefficient (Wildman–Crippen LogP) is 6.08. The van der Waals surface area contributed by atoms with Crippen molar-refractivity contribution in [2.24, 2.45) is 0 Å². The van der Waals surface area contributed by atoms with E-state index in [1.165, 1.54) is 17.0 Å². The molecule has 1 atom stereocenters. The Bertz CT molecular complexity index is 1450. The number of nitrogens with zero attached hydrogens (tertiary/aromatic N) is 2. The van der Waals surface area contributed by atoms with Crippen molar-refractivity contribution >= 4 is 55.1 Å². The van der Waals surface area contributed by atoms with Gasteiger partial charge in [-0.25, -0.2) is 8.42 Å². The Kier molecular flexibility index (Phi) is 9.92. The Labute approximate surface area is 249 Å². The third-order valence-corrected chi connectivity index (χ3v) is 9.71. The maximum Gasteiger partial charge on any atom is 0.264 e. The molecule has 212 valence electrons. The number of carbonyl (C=O) groups excluding carboxylic acids is 2.